The zero-order valence-electron chi connectivity index (χ0n) is 11.2. The van der Waals surface area contributed by atoms with Gasteiger partial charge in [0.25, 0.3) is 0 Å². The molecule has 0 bridgehead atoms. The number of aromatic nitrogens is 1. The van der Waals surface area contributed by atoms with E-state index in [1.54, 1.807) is 12.3 Å². The van der Waals surface area contributed by atoms with Crippen LogP contribution in [0.5, 0.6) is 0 Å². The number of halogens is 3. The standard InChI is InChI=1S/C14H18F3N3/c15-14(16,17)9-20(12-5-6-12)13-10(2-1-7-18-13)8-19-11-3-4-11/h1-2,7,11-12,19H,3-6,8-9H2. The minimum atomic E-state index is -4.19. The zero-order valence-corrected chi connectivity index (χ0v) is 11.2. The zero-order chi connectivity index (χ0) is 14.2. The smallest absolute Gasteiger partial charge is 0.344 e. The summed E-state index contributed by atoms with van der Waals surface area (Å²) in [5.41, 5.74) is 0.857. The van der Waals surface area contributed by atoms with E-state index < -0.39 is 12.7 Å². The monoisotopic (exact) mass is 285 g/mol. The predicted octanol–water partition coefficient (Wildman–Crippen LogP) is 2.86. The van der Waals surface area contributed by atoms with E-state index in [0.29, 0.717) is 18.4 Å². The van der Waals surface area contributed by atoms with Crippen LogP contribution < -0.4 is 10.2 Å². The lowest BCUT2D eigenvalue weighted by atomic mass is 10.2. The highest BCUT2D eigenvalue weighted by Gasteiger charge is 2.39. The van der Waals surface area contributed by atoms with Gasteiger partial charge >= 0.3 is 6.18 Å². The van der Waals surface area contributed by atoms with E-state index in [1.165, 1.54) is 4.90 Å². The molecule has 1 aromatic rings. The third-order valence-electron chi connectivity index (χ3n) is 3.64. The molecule has 0 aliphatic heterocycles. The van der Waals surface area contributed by atoms with Gasteiger partial charge in [-0.3, -0.25) is 0 Å². The summed E-state index contributed by atoms with van der Waals surface area (Å²) in [4.78, 5) is 5.63. The van der Waals surface area contributed by atoms with E-state index in [4.69, 9.17) is 0 Å². The molecule has 0 unspecified atom stereocenters. The first-order valence-electron chi connectivity index (χ1n) is 7.03. The number of nitrogens with zero attached hydrogens (tertiary/aromatic N) is 2. The van der Waals surface area contributed by atoms with Crippen molar-refractivity contribution in [3.63, 3.8) is 0 Å². The Labute approximate surface area is 116 Å². The number of pyridine rings is 1. The lowest BCUT2D eigenvalue weighted by molar-refractivity contribution is -0.120. The molecule has 0 radical (unpaired) electrons. The average Bonchev–Trinajstić information content (AvgIpc) is 3.27. The number of rotatable bonds is 6. The van der Waals surface area contributed by atoms with E-state index in [2.05, 4.69) is 10.3 Å². The summed E-state index contributed by atoms with van der Waals surface area (Å²) in [7, 11) is 0. The van der Waals surface area contributed by atoms with Crippen LogP contribution in [0.3, 0.4) is 0 Å². The first kappa shape index (κ1) is 13.7. The molecular weight excluding hydrogens is 267 g/mol. The highest BCUT2D eigenvalue weighted by atomic mass is 19.4. The normalized spacial score (nSPS) is 19.1. The van der Waals surface area contributed by atoms with Gasteiger partial charge in [-0.15, -0.1) is 0 Å². The molecule has 20 heavy (non-hydrogen) atoms. The van der Waals surface area contributed by atoms with Crippen LogP contribution in [-0.4, -0.2) is 29.8 Å². The Bertz CT molecular complexity index is 467. The molecule has 1 heterocycles. The van der Waals surface area contributed by atoms with Gasteiger partial charge in [-0.25, -0.2) is 4.98 Å². The molecule has 6 heteroatoms. The van der Waals surface area contributed by atoms with Crippen molar-refractivity contribution in [1.29, 1.82) is 0 Å². The first-order valence-corrected chi connectivity index (χ1v) is 7.03. The second-order valence-electron chi connectivity index (χ2n) is 5.62. The average molecular weight is 285 g/mol. The summed E-state index contributed by atoms with van der Waals surface area (Å²) < 4.78 is 38.3. The summed E-state index contributed by atoms with van der Waals surface area (Å²) in [6.45, 7) is -0.319. The molecule has 2 saturated carbocycles. The van der Waals surface area contributed by atoms with Crippen molar-refractivity contribution in [2.24, 2.45) is 0 Å². The van der Waals surface area contributed by atoms with Crippen molar-refractivity contribution in [2.45, 2.75) is 50.5 Å². The van der Waals surface area contributed by atoms with Gasteiger partial charge in [-0.05, 0) is 31.7 Å². The molecule has 3 nitrogen and oxygen atoms in total. The van der Waals surface area contributed by atoms with Crippen molar-refractivity contribution >= 4 is 5.82 Å². The van der Waals surface area contributed by atoms with Gasteiger partial charge in [0.1, 0.15) is 12.4 Å². The van der Waals surface area contributed by atoms with Gasteiger partial charge in [-0.2, -0.15) is 13.2 Å². The van der Waals surface area contributed by atoms with Crippen LogP contribution in [0.2, 0.25) is 0 Å². The molecule has 3 rings (SSSR count). The van der Waals surface area contributed by atoms with E-state index in [0.717, 1.165) is 31.2 Å². The molecule has 0 amide bonds. The van der Waals surface area contributed by atoms with Gasteiger partial charge in [0.15, 0.2) is 0 Å². The topological polar surface area (TPSA) is 28.2 Å². The second-order valence-corrected chi connectivity index (χ2v) is 5.62. The molecule has 2 fully saturated rings. The molecule has 0 atom stereocenters. The maximum Gasteiger partial charge on any atom is 0.405 e. The van der Waals surface area contributed by atoms with Crippen LogP contribution in [0.25, 0.3) is 0 Å². The number of anilines is 1. The van der Waals surface area contributed by atoms with Crippen LogP contribution in [0, 0.1) is 0 Å². The van der Waals surface area contributed by atoms with Crippen molar-refractivity contribution in [3.8, 4) is 0 Å². The Morgan fingerprint density at radius 1 is 1.25 bits per heavy atom. The first-order chi connectivity index (χ1) is 9.53. The molecular formula is C14H18F3N3. The van der Waals surface area contributed by atoms with E-state index in [-0.39, 0.29) is 6.04 Å². The lowest BCUT2D eigenvalue weighted by Gasteiger charge is -2.26. The van der Waals surface area contributed by atoms with E-state index >= 15 is 0 Å². The quantitative estimate of drug-likeness (QED) is 0.871. The summed E-state index contributed by atoms with van der Waals surface area (Å²) in [5.74, 6) is 0.487. The van der Waals surface area contributed by atoms with Gasteiger partial charge < -0.3 is 10.2 Å². The van der Waals surface area contributed by atoms with Crippen molar-refractivity contribution < 1.29 is 13.2 Å². The number of hydrogen-bond donors (Lipinski definition) is 1. The van der Waals surface area contributed by atoms with Crippen LogP contribution >= 0.6 is 0 Å². The summed E-state index contributed by atoms with van der Waals surface area (Å²) in [6.07, 6.45) is 1.34. The highest BCUT2D eigenvalue weighted by molar-refractivity contribution is 5.49. The fourth-order valence-corrected chi connectivity index (χ4v) is 2.32. The van der Waals surface area contributed by atoms with Gasteiger partial charge in [0.2, 0.25) is 0 Å². The SMILES string of the molecule is FC(F)(F)CN(c1ncccc1CNC1CC1)C1CC1. The number of nitrogens with one attached hydrogen (secondary N) is 1. The molecule has 110 valence electrons. The predicted molar refractivity (Wildman–Crippen MR) is 70.5 cm³/mol. The molecule has 0 aromatic carbocycles. The Balaban J connectivity index is 1.77. The van der Waals surface area contributed by atoms with Crippen LogP contribution in [-0.2, 0) is 6.54 Å². The Hall–Kier alpha value is -1.30. The van der Waals surface area contributed by atoms with Crippen LogP contribution in [0.4, 0.5) is 19.0 Å². The minimum absolute atomic E-state index is 0.00815. The largest absolute Gasteiger partial charge is 0.405 e. The fourth-order valence-electron chi connectivity index (χ4n) is 2.32. The molecule has 1 aromatic heterocycles. The summed E-state index contributed by atoms with van der Waals surface area (Å²) in [6, 6.07) is 4.17. The second kappa shape index (κ2) is 5.24. The van der Waals surface area contributed by atoms with Crippen LogP contribution in [0.15, 0.2) is 18.3 Å². The van der Waals surface area contributed by atoms with Crippen LogP contribution in [0.1, 0.15) is 31.2 Å². The summed E-state index contributed by atoms with van der Waals surface area (Å²) >= 11 is 0. The van der Waals surface area contributed by atoms with Gasteiger partial charge in [0, 0.05) is 30.4 Å². The van der Waals surface area contributed by atoms with Gasteiger partial charge in [0.05, 0.1) is 0 Å². The maximum atomic E-state index is 12.8. The molecule has 1 N–H and O–H groups in total. The third kappa shape index (κ3) is 3.62. The summed E-state index contributed by atoms with van der Waals surface area (Å²) in [5, 5.41) is 3.34. The molecule has 0 saturated heterocycles. The highest BCUT2D eigenvalue weighted by Crippen LogP contribution is 2.35. The molecule has 2 aliphatic rings. The Morgan fingerprint density at radius 3 is 2.60 bits per heavy atom. The Morgan fingerprint density at radius 2 is 2.00 bits per heavy atom. The van der Waals surface area contributed by atoms with Gasteiger partial charge in [-0.1, -0.05) is 6.07 Å². The maximum absolute atomic E-state index is 12.8. The van der Waals surface area contributed by atoms with Crippen molar-refractivity contribution in [3.05, 3.63) is 23.9 Å². The minimum Gasteiger partial charge on any atom is -0.344 e. The van der Waals surface area contributed by atoms with E-state index in [1.807, 2.05) is 6.07 Å². The Kier molecular flexibility index (Phi) is 3.58. The lowest BCUT2D eigenvalue weighted by Crippen LogP contribution is -2.37. The number of alkyl halides is 3. The third-order valence-corrected chi connectivity index (χ3v) is 3.64. The number of hydrogen-bond acceptors (Lipinski definition) is 3. The van der Waals surface area contributed by atoms with Crippen molar-refractivity contribution in [1.82, 2.24) is 10.3 Å². The molecule has 2 aliphatic carbocycles. The van der Waals surface area contributed by atoms with E-state index in [9.17, 15) is 13.2 Å². The fraction of sp³-hybridized carbons (Fsp3) is 0.643. The molecule has 0 spiro atoms. The van der Waals surface area contributed by atoms with Crippen molar-refractivity contribution in [2.75, 3.05) is 11.4 Å².